The van der Waals surface area contributed by atoms with Crippen LogP contribution in [-0.4, -0.2) is 77.1 Å². The third-order valence-electron chi connectivity index (χ3n) is 5.06. The molecule has 1 aromatic carbocycles. The SMILES string of the molecule is COCCN(CCOC)C(=O)C1CCN(S(=O)(=O)c2ccccc2C(F)(F)F)CC1. The zero-order valence-electron chi connectivity index (χ0n) is 17.0. The van der Waals surface area contributed by atoms with E-state index in [4.69, 9.17) is 9.47 Å². The van der Waals surface area contributed by atoms with E-state index in [0.29, 0.717) is 26.3 Å². The molecule has 0 unspecified atom stereocenters. The van der Waals surface area contributed by atoms with Crippen molar-refractivity contribution >= 4 is 15.9 Å². The van der Waals surface area contributed by atoms with Gasteiger partial charge >= 0.3 is 6.18 Å². The molecule has 2 rings (SSSR count). The number of halogens is 3. The van der Waals surface area contributed by atoms with Crippen LogP contribution in [0.1, 0.15) is 18.4 Å². The second-order valence-electron chi connectivity index (χ2n) is 6.98. The van der Waals surface area contributed by atoms with E-state index in [1.54, 1.807) is 4.90 Å². The highest BCUT2D eigenvalue weighted by Gasteiger charge is 2.40. The highest BCUT2D eigenvalue weighted by Crippen LogP contribution is 2.36. The summed E-state index contributed by atoms with van der Waals surface area (Å²) in [4.78, 5) is 13.7. The highest BCUT2D eigenvalue weighted by molar-refractivity contribution is 7.89. The number of piperidine rings is 1. The second-order valence-corrected chi connectivity index (χ2v) is 8.89. The summed E-state index contributed by atoms with van der Waals surface area (Å²) in [7, 11) is -1.27. The van der Waals surface area contributed by atoms with Crippen LogP contribution in [0, 0.1) is 5.92 Å². The molecule has 1 fully saturated rings. The molecule has 1 aromatic rings. The zero-order chi connectivity index (χ0) is 22.4. The normalized spacial score (nSPS) is 16.6. The Labute approximate surface area is 174 Å². The maximum absolute atomic E-state index is 13.3. The van der Waals surface area contributed by atoms with Crippen LogP contribution in [0.4, 0.5) is 13.2 Å². The molecule has 1 aliphatic heterocycles. The van der Waals surface area contributed by atoms with Gasteiger partial charge in [-0.05, 0) is 25.0 Å². The maximum atomic E-state index is 13.3. The van der Waals surface area contributed by atoms with E-state index in [1.165, 1.54) is 20.3 Å². The molecule has 1 saturated heterocycles. The van der Waals surface area contributed by atoms with Crippen LogP contribution in [0.15, 0.2) is 29.2 Å². The number of alkyl halides is 3. The first-order valence-corrected chi connectivity index (χ1v) is 11.0. The van der Waals surface area contributed by atoms with Gasteiger partial charge in [-0.25, -0.2) is 8.42 Å². The van der Waals surface area contributed by atoms with Gasteiger partial charge in [-0.2, -0.15) is 17.5 Å². The molecule has 7 nitrogen and oxygen atoms in total. The summed E-state index contributed by atoms with van der Waals surface area (Å²) >= 11 is 0. The molecule has 30 heavy (non-hydrogen) atoms. The lowest BCUT2D eigenvalue weighted by atomic mass is 9.96. The van der Waals surface area contributed by atoms with Crippen molar-refractivity contribution in [3.63, 3.8) is 0 Å². The third-order valence-corrected chi connectivity index (χ3v) is 7.01. The quantitative estimate of drug-likeness (QED) is 0.574. The lowest BCUT2D eigenvalue weighted by molar-refractivity contribution is -0.140. The number of hydrogen-bond acceptors (Lipinski definition) is 5. The predicted molar refractivity (Wildman–Crippen MR) is 103 cm³/mol. The smallest absolute Gasteiger partial charge is 0.383 e. The number of sulfonamides is 1. The fraction of sp³-hybridized carbons (Fsp3) is 0.632. The van der Waals surface area contributed by atoms with Gasteiger partial charge in [0.1, 0.15) is 0 Å². The number of carbonyl (C=O) groups excluding carboxylic acids is 1. The Balaban J connectivity index is 2.10. The van der Waals surface area contributed by atoms with Crippen molar-refractivity contribution in [3.8, 4) is 0 Å². The standard InChI is InChI=1S/C19H27F3N2O5S/c1-28-13-11-23(12-14-29-2)18(25)15-7-9-24(10-8-15)30(26,27)17-6-4-3-5-16(17)19(20,21)22/h3-6,15H,7-14H2,1-2H3. The molecule has 0 N–H and O–H groups in total. The number of ether oxygens (including phenoxy) is 2. The minimum absolute atomic E-state index is 0.0205. The molecule has 0 bridgehead atoms. The van der Waals surface area contributed by atoms with Crippen molar-refractivity contribution in [2.45, 2.75) is 23.9 Å². The molecule has 0 aliphatic carbocycles. The van der Waals surface area contributed by atoms with Gasteiger partial charge in [-0.3, -0.25) is 4.79 Å². The van der Waals surface area contributed by atoms with Crippen molar-refractivity contribution < 1.29 is 35.9 Å². The summed E-state index contributed by atoms with van der Waals surface area (Å²) < 4.78 is 76.5. The first-order chi connectivity index (χ1) is 14.1. The topological polar surface area (TPSA) is 76.2 Å². The number of rotatable bonds is 9. The molecule has 0 aromatic heterocycles. The van der Waals surface area contributed by atoms with Gasteiger partial charge in [0.15, 0.2) is 0 Å². The maximum Gasteiger partial charge on any atom is 0.417 e. The van der Waals surface area contributed by atoms with Crippen molar-refractivity contribution in [2.24, 2.45) is 5.92 Å². The summed E-state index contributed by atoms with van der Waals surface area (Å²) in [5.41, 5.74) is -1.19. The fourth-order valence-electron chi connectivity index (χ4n) is 3.40. The van der Waals surface area contributed by atoms with E-state index < -0.39 is 32.6 Å². The largest absolute Gasteiger partial charge is 0.417 e. The Morgan fingerprint density at radius 2 is 1.63 bits per heavy atom. The molecule has 1 amide bonds. The van der Waals surface area contributed by atoms with Crippen molar-refractivity contribution in [3.05, 3.63) is 29.8 Å². The Morgan fingerprint density at radius 1 is 1.10 bits per heavy atom. The number of carbonyl (C=O) groups is 1. The molecule has 170 valence electrons. The van der Waals surface area contributed by atoms with Crippen LogP contribution in [0.2, 0.25) is 0 Å². The number of amides is 1. The number of nitrogens with zero attached hydrogens (tertiary/aromatic N) is 2. The third kappa shape index (κ3) is 5.93. The minimum Gasteiger partial charge on any atom is -0.383 e. The molecule has 0 spiro atoms. The van der Waals surface area contributed by atoms with E-state index in [1.807, 2.05) is 0 Å². The molecule has 0 saturated carbocycles. The van der Waals surface area contributed by atoms with E-state index in [2.05, 4.69) is 0 Å². The first-order valence-electron chi connectivity index (χ1n) is 9.56. The van der Waals surface area contributed by atoms with Crippen molar-refractivity contribution in [1.82, 2.24) is 9.21 Å². The van der Waals surface area contributed by atoms with Gasteiger partial charge in [-0.15, -0.1) is 0 Å². The Morgan fingerprint density at radius 3 is 2.13 bits per heavy atom. The van der Waals surface area contributed by atoms with Crippen molar-refractivity contribution in [2.75, 3.05) is 53.6 Å². The molecule has 0 radical (unpaired) electrons. The molecular formula is C19H27F3N2O5S. The van der Waals surface area contributed by atoms with Gasteiger partial charge in [-0.1, -0.05) is 12.1 Å². The van der Waals surface area contributed by atoms with Crippen LogP contribution in [0.3, 0.4) is 0 Å². The average Bonchev–Trinajstić information content (AvgIpc) is 2.73. The monoisotopic (exact) mass is 452 g/mol. The van der Waals surface area contributed by atoms with Crippen LogP contribution in [-0.2, 0) is 30.5 Å². The van der Waals surface area contributed by atoms with E-state index in [9.17, 15) is 26.4 Å². The minimum atomic E-state index is -4.78. The molecule has 0 atom stereocenters. The summed E-state index contributed by atoms with van der Waals surface area (Å²) in [5.74, 6) is -0.528. The molecule has 1 heterocycles. The van der Waals surface area contributed by atoms with Crippen molar-refractivity contribution in [1.29, 1.82) is 0 Å². The summed E-state index contributed by atoms with van der Waals surface area (Å²) in [5, 5.41) is 0. The summed E-state index contributed by atoms with van der Waals surface area (Å²) in [6.07, 6.45) is -4.30. The Kier molecular flexibility index (Phi) is 8.65. The average molecular weight is 452 g/mol. The van der Waals surface area contributed by atoms with E-state index >= 15 is 0 Å². The Hall–Kier alpha value is -1.69. The zero-order valence-corrected chi connectivity index (χ0v) is 17.8. The van der Waals surface area contributed by atoms with Gasteiger partial charge in [0.25, 0.3) is 0 Å². The van der Waals surface area contributed by atoms with Crippen LogP contribution in [0.25, 0.3) is 0 Å². The second kappa shape index (κ2) is 10.6. The van der Waals surface area contributed by atoms with Gasteiger partial charge in [0.05, 0.1) is 23.7 Å². The van der Waals surface area contributed by atoms with Gasteiger partial charge < -0.3 is 14.4 Å². The van der Waals surface area contributed by atoms with Gasteiger partial charge in [0.2, 0.25) is 15.9 Å². The summed E-state index contributed by atoms with van der Waals surface area (Å²) in [6.45, 7) is 1.45. The predicted octanol–water partition coefficient (Wildman–Crippen LogP) is 2.23. The van der Waals surface area contributed by atoms with Gasteiger partial charge in [0, 0.05) is 46.3 Å². The summed E-state index contributed by atoms with van der Waals surface area (Å²) in [6, 6.07) is 4.14. The van der Waals surface area contributed by atoms with Crippen LogP contribution in [0.5, 0.6) is 0 Å². The number of methoxy groups -OCH3 is 2. The lowest BCUT2D eigenvalue weighted by Crippen LogP contribution is -2.46. The first kappa shape index (κ1) is 24.6. The lowest BCUT2D eigenvalue weighted by Gasteiger charge is -2.34. The number of benzene rings is 1. The molecule has 1 aliphatic rings. The van der Waals surface area contributed by atoms with E-state index in [-0.39, 0.29) is 31.8 Å². The Bertz CT molecular complexity index is 801. The molecule has 11 heteroatoms. The van der Waals surface area contributed by atoms with E-state index in [0.717, 1.165) is 22.5 Å². The molecular weight excluding hydrogens is 425 g/mol. The highest BCUT2D eigenvalue weighted by atomic mass is 32.2. The fourth-order valence-corrected chi connectivity index (χ4v) is 5.08. The van der Waals surface area contributed by atoms with Crippen LogP contribution < -0.4 is 0 Å². The van der Waals surface area contributed by atoms with Crippen LogP contribution >= 0.6 is 0 Å². The number of hydrogen-bond donors (Lipinski definition) is 0.